The van der Waals surface area contributed by atoms with Crippen LogP contribution in [-0.2, 0) is 4.79 Å². The molecule has 1 aliphatic rings. The number of halogens is 1. The maximum Gasteiger partial charge on any atom is 0.238 e. The highest BCUT2D eigenvalue weighted by Crippen LogP contribution is 2.26. The van der Waals surface area contributed by atoms with Crippen LogP contribution in [0.15, 0.2) is 18.2 Å². The number of carbonyl (C=O) groups excluding carboxylic acids is 1. The van der Waals surface area contributed by atoms with Crippen molar-refractivity contribution >= 4 is 23.2 Å². The molecule has 2 N–H and O–H groups in total. The van der Waals surface area contributed by atoms with Crippen LogP contribution >= 0.6 is 11.6 Å². The van der Waals surface area contributed by atoms with Gasteiger partial charge in [0.05, 0.1) is 22.7 Å². The van der Waals surface area contributed by atoms with Gasteiger partial charge in [-0.2, -0.15) is 5.26 Å². The molecule has 1 atom stereocenters. The van der Waals surface area contributed by atoms with Crippen molar-refractivity contribution in [1.82, 2.24) is 4.90 Å². The first-order valence-corrected chi connectivity index (χ1v) is 7.65. The summed E-state index contributed by atoms with van der Waals surface area (Å²) in [5.74, 6) is -0.156. The molecule has 1 aromatic rings. The average molecular weight is 322 g/mol. The summed E-state index contributed by atoms with van der Waals surface area (Å²) in [6.45, 7) is 4.57. The third-order valence-corrected chi connectivity index (χ3v) is 4.21. The molecular weight excluding hydrogens is 302 g/mol. The molecule has 0 spiro atoms. The lowest BCUT2D eigenvalue weighted by atomic mass is 9.97. The van der Waals surface area contributed by atoms with Gasteiger partial charge < -0.3 is 10.4 Å². The highest BCUT2D eigenvalue weighted by molar-refractivity contribution is 6.32. The zero-order valence-corrected chi connectivity index (χ0v) is 13.5. The zero-order valence-electron chi connectivity index (χ0n) is 12.8. The second-order valence-electron chi connectivity index (χ2n) is 6.14. The third kappa shape index (κ3) is 3.98. The molecule has 1 heterocycles. The van der Waals surface area contributed by atoms with Crippen molar-refractivity contribution in [3.8, 4) is 6.07 Å². The number of nitrogens with one attached hydrogen (secondary N) is 1. The third-order valence-electron chi connectivity index (χ3n) is 3.90. The van der Waals surface area contributed by atoms with Gasteiger partial charge in [0, 0.05) is 11.7 Å². The largest absolute Gasteiger partial charge is 0.389 e. The molecule has 6 heteroatoms. The van der Waals surface area contributed by atoms with Gasteiger partial charge in [0.25, 0.3) is 0 Å². The highest BCUT2D eigenvalue weighted by Gasteiger charge is 2.36. The van der Waals surface area contributed by atoms with Crippen molar-refractivity contribution in [3.05, 3.63) is 28.8 Å². The quantitative estimate of drug-likeness (QED) is 0.892. The maximum absolute atomic E-state index is 12.2. The molecule has 22 heavy (non-hydrogen) atoms. The van der Waals surface area contributed by atoms with E-state index in [4.69, 9.17) is 16.9 Å². The second kappa shape index (κ2) is 6.66. The molecule has 0 aromatic heterocycles. The van der Waals surface area contributed by atoms with Crippen LogP contribution in [0.4, 0.5) is 5.69 Å². The van der Waals surface area contributed by atoms with Crippen LogP contribution in [0.3, 0.4) is 0 Å². The van der Waals surface area contributed by atoms with Crippen LogP contribution < -0.4 is 5.32 Å². The predicted octanol–water partition coefficient (Wildman–Crippen LogP) is 2.39. The van der Waals surface area contributed by atoms with Gasteiger partial charge in [0.2, 0.25) is 5.91 Å². The Morgan fingerprint density at radius 1 is 1.59 bits per heavy atom. The van der Waals surface area contributed by atoms with Gasteiger partial charge in [-0.05, 0) is 51.4 Å². The lowest BCUT2D eigenvalue weighted by Gasteiger charge is -2.33. The molecule has 2 rings (SSSR count). The molecule has 0 aliphatic carbocycles. The summed E-state index contributed by atoms with van der Waals surface area (Å²) in [7, 11) is 0. The number of aliphatic hydroxyl groups is 1. The van der Waals surface area contributed by atoms with E-state index in [0.29, 0.717) is 16.3 Å². The second-order valence-corrected chi connectivity index (χ2v) is 6.54. The van der Waals surface area contributed by atoms with Crippen molar-refractivity contribution in [2.24, 2.45) is 0 Å². The van der Waals surface area contributed by atoms with E-state index in [0.717, 1.165) is 19.4 Å². The van der Waals surface area contributed by atoms with Crippen molar-refractivity contribution in [1.29, 1.82) is 5.26 Å². The maximum atomic E-state index is 12.2. The number of hydrogen-bond donors (Lipinski definition) is 2. The number of nitrogens with zero attached hydrogens (tertiary/aromatic N) is 2. The molecule has 118 valence electrons. The summed E-state index contributed by atoms with van der Waals surface area (Å²) in [5, 5.41) is 22.1. The van der Waals surface area contributed by atoms with E-state index in [1.165, 1.54) is 0 Å². The minimum atomic E-state index is -0.825. The molecule has 1 amide bonds. The first kappa shape index (κ1) is 16.8. The van der Waals surface area contributed by atoms with Gasteiger partial charge in [0.15, 0.2) is 0 Å². The fourth-order valence-corrected chi connectivity index (χ4v) is 3.11. The van der Waals surface area contributed by atoms with Crippen LogP contribution in [0.5, 0.6) is 0 Å². The minimum absolute atomic E-state index is 0.0113. The Bertz CT molecular complexity index is 604. The number of likely N-dealkylation sites (tertiary alicyclic amines) is 1. The summed E-state index contributed by atoms with van der Waals surface area (Å²) < 4.78 is 0. The topological polar surface area (TPSA) is 76.4 Å². The normalized spacial score (nSPS) is 19.0. The summed E-state index contributed by atoms with van der Waals surface area (Å²) in [4.78, 5) is 14.2. The SMILES string of the molecule is CC(C)(O)C1CCCN1CC(=O)Nc1ccc(C#N)c(Cl)c1. The van der Waals surface area contributed by atoms with E-state index in [2.05, 4.69) is 5.32 Å². The van der Waals surface area contributed by atoms with E-state index in [-0.39, 0.29) is 18.5 Å². The van der Waals surface area contributed by atoms with Crippen LogP contribution in [0.1, 0.15) is 32.3 Å². The van der Waals surface area contributed by atoms with E-state index in [1.807, 2.05) is 11.0 Å². The van der Waals surface area contributed by atoms with Crippen LogP contribution in [0, 0.1) is 11.3 Å². The highest BCUT2D eigenvalue weighted by atomic mass is 35.5. The van der Waals surface area contributed by atoms with Crippen molar-refractivity contribution in [2.75, 3.05) is 18.4 Å². The van der Waals surface area contributed by atoms with Crippen LogP contribution in [-0.4, -0.2) is 40.6 Å². The monoisotopic (exact) mass is 321 g/mol. The zero-order chi connectivity index (χ0) is 16.3. The molecular formula is C16H20ClN3O2. The number of carbonyl (C=O) groups is 1. The van der Waals surface area contributed by atoms with Crippen molar-refractivity contribution in [2.45, 2.75) is 38.3 Å². The van der Waals surface area contributed by atoms with E-state index < -0.39 is 5.60 Å². The first-order valence-electron chi connectivity index (χ1n) is 7.27. The smallest absolute Gasteiger partial charge is 0.238 e. The number of benzene rings is 1. The number of amides is 1. The first-order chi connectivity index (χ1) is 10.3. The number of rotatable bonds is 4. The molecule has 1 aliphatic heterocycles. The van der Waals surface area contributed by atoms with Gasteiger partial charge in [-0.3, -0.25) is 9.69 Å². The lowest BCUT2D eigenvalue weighted by molar-refractivity contribution is -0.118. The van der Waals surface area contributed by atoms with Crippen molar-refractivity contribution in [3.63, 3.8) is 0 Å². The Hall–Kier alpha value is -1.61. The number of hydrogen-bond acceptors (Lipinski definition) is 4. The number of anilines is 1. The Kier molecular flexibility index (Phi) is 5.07. The van der Waals surface area contributed by atoms with Gasteiger partial charge in [-0.25, -0.2) is 0 Å². The predicted molar refractivity (Wildman–Crippen MR) is 85.7 cm³/mol. The Labute approximate surface area is 135 Å². The summed E-state index contributed by atoms with van der Waals surface area (Å²) >= 11 is 5.95. The summed E-state index contributed by atoms with van der Waals surface area (Å²) in [6.07, 6.45) is 1.87. The fraction of sp³-hybridized carbons (Fsp3) is 0.500. The fourth-order valence-electron chi connectivity index (χ4n) is 2.88. The van der Waals surface area contributed by atoms with E-state index in [1.54, 1.807) is 32.0 Å². The molecule has 1 saturated heterocycles. The summed E-state index contributed by atoms with van der Waals surface area (Å²) in [6, 6.07) is 6.76. The van der Waals surface area contributed by atoms with E-state index in [9.17, 15) is 9.90 Å². The molecule has 1 unspecified atom stereocenters. The minimum Gasteiger partial charge on any atom is -0.389 e. The molecule has 0 bridgehead atoms. The lowest BCUT2D eigenvalue weighted by Crippen LogP contribution is -2.48. The molecule has 0 radical (unpaired) electrons. The average Bonchev–Trinajstić information content (AvgIpc) is 2.86. The Morgan fingerprint density at radius 3 is 2.91 bits per heavy atom. The molecule has 1 aromatic carbocycles. The van der Waals surface area contributed by atoms with Gasteiger partial charge in [-0.15, -0.1) is 0 Å². The standard InChI is InChI=1S/C16H20ClN3O2/c1-16(2,22)14-4-3-7-20(14)10-15(21)19-12-6-5-11(9-18)13(17)8-12/h5-6,8,14,22H,3-4,7,10H2,1-2H3,(H,19,21). The Balaban J connectivity index is 1.99. The molecule has 1 fully saturated rings. The molecule has 0 saturated carbocycles. The van der Waals surface area contributed by atoms with Crippen molar-refractivity contribution < 1.29 is 9.90 Å². The van der Waals surface area contributed by atoms with Crippen LogP contribution in [0.25, 0.3) is 0 Å². The van der Waals surface area contributed by atoms with Crippen LogP contribution in [0.2, 0.25) is 5.02 Å². The molecule has 5 nitrogen and oxygen atoms in total. The van der Waals surface area contributed by atoms with Gasteiger partial charge in [0.1, 0.15) is 6.07 Å². The Morgan fingerprint density at radius 2 is 2.32 bits per heavy atom. The number of nitriles is 1. The van der Waals surface area contributed by atoms with Gasteiger partial charge >= 0.3 is 0 Å². The van der Waals surface area contributed by atoms with E-state index >= 15 is 0 Å². The summed E-state index contributed by atoms with van der Waals surface area (Å²) in [5.41, 5.74) is 0.114. The van der Waals surface area contributed by atoms with Gasteiger partial charge in [-0.1, -0.05) is 11.6 Å².